The first-order chi connectivity index (χ1) is 14.0. The predicted molar refractivity (Wildman–Crippen MR) is 104 cm³/mol. The Morgan fingerprint density at radius 3 is 2.76 bits per heavy atom. The molecular formula is C20H17N5O4. The van der Waals surface area contributed by atoms with Gasteiger partial charge in [-0.3, -0.25) is 14.9 Å². The van der Waals surface area contributed by atoms with E-state index in [2.05, 4.69) is 16.4 Å². The van der Waals surface area contributed by atoms with Gasteiger partial charge in [-0.2, -0.15) is 5.26 Å². The molecule has 9 nitrogen and oxygen atoms in total. The summed E-state index contributed by atoms with van der Waals surface area (Å²) >= 11 is 0. The topological polar surface area (TPSA) is 125 Å². The quantitative estimate of drug-likeness (QED) is 0.534. The van der Waals surface area contributed by atoms with Crippen LogP contribution in [0, 0.1) is 21.4 Å². The van der Waals surface area contributed by atoms with E-state index in [-0.39, 0.29) is 17.6 Å². The first kappa shape index (κ1) is 18.4. The maximum atomic E-state index is 12.3. The largest absolute Gasteiger partial charge is 0.459 e. The fraction of sp³-hybridized carbons (Fsp3) is 0.250. The minimum atomic E-state index is -0.495. The molecule has 3 aromatic rings. The fourth-order valence-corrected chi connectivity index (χ4v) is 3.49. The number of nitrogens with one attached hydrogen (secondary N) is 1. The van der Waals surface area contributed by atoms with Crippen molar-refractivity contribution in [2.45, 2.75) is 18.9 Å². The molecular weight excluding hydrogens is 374 g/mol. The second kappa shape index (κ2) is 7.59. The summed E-state index contributed by atoms with van der Waals surface area (Å²) in [5.74, 6) is 0.754. The number of nitro benzene ring substituents is 1. The van der Waals surface area contributed by atoms with Crippen LogP contribution in [0.4, 0.5) is 11.5 Å². The Kier molecular flexibility index (Phi) is 4.83. The van der Waals surface area contributed by atoms with Crippen molar-refractivity contribution in [3.8, 4) is 6.07 Å². The Labute approximate surface area is 165 Å². The second-order valence-electron chi connectivity index (χ2n) is 6.81. The lowest BCUT2D eigenvalue weighted by Gasteiger charge is -2.32. The number of nitriles is 1. The monoisotopic (exact) mass is 391 g/mol. The van der Waals surface area contributed by atoms with Crippen LogP contribution in [-0.4, -0.2) is 39.8 Å². The lowest BCUT2D eigenvalue weighted by Crippen LogP contribution is -2.42. The summed E-state index contributed by atoms with van der Waals surface area (Å²) in [5, 5.41) is 24.2. The summed E-state index contributed by atoms with van der Waals surface area (Å²) < 4.78 is 5.17. The molecule has 2 aromatic heterocycles. The van der Waals surface area contributed by atoms with Crippen molar-refractivity contribution in [1.82, 2.24) is 9.88 Å². The molecule has 4 rings (SSSR count). The number of carbonyl (C=O) groups excluding carboxylic acids is 1. The number of non-ortho nitro benzene ring substituents is 1. The van der Waals surface area contributed by atoms with Gasteiger partial charge in [-0.05, 0) is 37.1 Å². The summed E-state index contributed by atoms with van der Waals surface area (Å²) in [6.45, 7) is 1.17. The Hall–Kier alpha value is -3.93. The van der Waals surface area contributed by atoms with E-state index in [1.54, 1.807) is 29.2 Å². The van der Waals surface area contributed by atoms with Crippen LogP contribution in [0.15, 0.2) is 47.1 Å². The number of nitro groups is 1. The van der Waals surface area contributed by atoms with E-state index >= 15 is 0 Å². The van der Waals surface area contributed by atoms with Crippen molar-refractivity contribution in [3.63, 3.8) is 0 Å². The van der Waals surface area contributed by atoms with Crippen LogP contribution in [0.3, 0.4) is 0 Å². The number of pyridine rings is 1. The predicted octanol–water partition coefficient (Wildman–Crippen LogP) is 3.32. The smallest absolute Gasteiger partial charge is 0.289 e. The van der Waals surface area contributed by atoms with Crippen LogP contribution < -0.4 is 5.32 Å². The molecule has 9 heteroatoms. The number of carbonyl (C=O) groups is 1. The average molecular weight is 391 g/mol. The van der Waals surface area contributed by atoms with Gasteiger partial charge in [0.05, 0.1) is 28.3 Å². The van der Waals surface area contributed by atoms with E-state index < -0.39 is 4.92 Å². The zero-order chi connectivity index (χ0) is 20.4. The molecule has 3 heterocycles. The zero-order valence-electron chi connectivity index (χ0n) is 15.4. The molecule has 1 aromatic carbocycles. The van der Waals surface area contributed by atoms with E-state index in [1.165, 1.54) is 18.4 Å². The molecule has 0 atom stereocenters. The summed E-state index contributed by atoms with van der Waals surface area (Å²) in [7, 11) is 0. The zero-order valence-corrected chi connectivity index (χ0v) is 15.4. The normalized spacial score (nSPS) is 14.5. The summed E-state index contributed by atoms with van der Waals surface area (Å²) in [6.07, 6.45) is 2.94. The van der Waals surface area contributed by atoms with Gasteiger partial charge in [-0.15, -0.1) is 0 Å². The Morgan fingerprint density at radius 1 is 1.31 bits per heavy atom. The van der Waals surface area contributed by atoms with Crippen LogP contribution in [0.25, 0.3) is 10.9 Å². The molecule has 0 aliphatic carbocycles. The first-order valence-corrected chi connectivity index (χ1v) is 9.14. The lowest BCUT2D eigenvalue weighted by atomic mass is 10.0. The van der Waals surface area contributed by atoms with Gasteiger partial charge in [-0.1, -0.05) is 0 Å². The molecule has 146 valence electrons. The molecule has 29 heavy (non-hydrogen) atoms. The molecule has 0 spiro atoms. The van der Waals surface area contributed by atoms with Gasteiger partial charge in [0, 0.05) is 36.7 Å². The van der Waals surface area contributed by atoms with Crippen LogP contribution >= 0.6 is 0 Å². The van der Waals surface area contributed by atoms with Gasteiger partial charge >= 0.3 is 0 Å². The van der Waals surface area contributed by atoms with Crippen LogP contribution in [0.5, 0.6) is 0 Å². The number of amides is 1. The molecule has 1 saturated heterocycles. The number of rotatable bonds is 4. The van der Waals surface area contributed by atoms with Crippen LogP contribution in [0.1, 0.15) is 29.0 Å². The molecule has 0 unspecified atom stereocenters. The molecule has 1 aliphatic rings. The maximum absolute atomic E-state index is 12.3. The van der Waals surface area contributed by atoms with Crippen molar-refractivity contribution in [2.24, 2.45) is 0 Å². The van der Waals surface area contributed by atoms with E-state index in [0.717, 1.165) is 12.8 Å². The molecule has 0 bridgehead atoms. The van der Waals surface area contributed by atoms with Crippen LogP contribution in [0.2, 0.25) is 0 Å². The number of nitrogens with zero attached hydrogens (tertiary/aromatic N) is 4. The molecule has 1 N–H and O–H groups in total. The van der Waals surface area contributed by atoms with Gasteiger partial charge in [0.2, 0.25) is 0 Å². The summed E-state index contributed by atoms with van der Waals surface area (Å²) in [4.78, 5) is 29.1. The number of likely N-dealkylation sites (tertiary alicyclic amines) is 1. The average Bonchev–Trinajstić information content (AvgIpc) is 3.27. The van der Waals surface area contributed by atoms with E-state index in [0.29, 0.717) is 41.1 Å². The molecule has 1 amide bonds. The SMILES string of the molecule is N#Cc1cc(NC2CCN(C(=O)c3ccco3)CC2)nc2ccc([N+](=O)[O-])cc12. The lowest BCUT2D eigenvalue weighted by molar-refractivity contribution is -0.384. The van der Waals surface area contributed by atoms with Crippen molar-refractivity contribution in [3.05, 3.63) is 64.1 Å². The number of aromatic nitrogens is 1. The number of hydrogen-bond acceptors (Lipinski definition) is 7. The van der Waals surface area contributed by atoms with Gasteiger partial charge in [0.25, 0.3) is 11.6 Å². The number of hydrogen-bond donors (Lipinski definition) is 1. The van der Waals surface area contributed by atoms with Crippen molar-refractivity contribution >= 4 is 28.3 Å². The third kappa shape index (κ3) is 3.73. The van der Waals surface area contributed by atoms with Crippen LogP contribution in [-0.2, 0) is 0 Å². The highest BCUT2D eigenvalue weighted by Crippen LogP contribution is 2.26. The minimum absolute atomic E-state index is 0.0786. The van der Waals surface area contributed by atoms with Crippen molar-refractivity contribution in [2.75, 3.05) is 18.4 Å². The van der Waals surface area contributed by atoms with Gasteiger partial charge < -0.3 is 14.6 Å². The highest BCUT2D eigenvalue weighted by Gasteiger charge is 2.25. The summed E-state index contributed by atoms with van der Waals surface area (Å²) in [6, 6.07) is 11.4. The van der Waals surface area contributed by atoms with Gasteiger partial charge in [-0.25, -0.2) is 4.98 Å². The minimum Gasteiger partial charge on any atom is -0.459 e. The Balaban J connectivity index is 1.47. The van der Waals surface area contributed by atoms with Gasteiger partial charge in [0.1, 0.15) is 5.82 Å². The number of fused-ring (bicyclic) bond motifs is 1. The number of benzene rings is 1. The first-order valence-electron chi connectivity index (χ1n) is 9.14. The molecule has 1 aliphatic heterocycles. The molecule has 0 saturated carbocycles. The van der Waals surface area contributed by atoms with Crippen molar-refractivity contribution in [1.29, 1.82) is 5.26 Å². The highest BCUT2D eigenvalue weighted by atomic mass is 16.6. The molecule has 0 radical (unpaired) electrons. The molecule has 1 fully saturated rings. The third-order valence-electron chi connectivity index (χ3n) is 4.99. The Bertz CT molecular complexity index is 1110. The fourth-order valence-electron chi connectivity index (χ4n) is 3.49. The third-order valence-corrected chi connectivity index (χ3v) is 4.99. The number of piperidine rings is 1. The number of anilines is 1. The standard InChI is InChI=1S/C20H17N5O4/c21-12-13-10-19(23-17-4-3-15(25(27)28)11-16(13)17)22-14-5-7-24(8-6-14)20(26)18-2-1-9-29-18/h1-4,9-11,14H,5-8H2,(H,22,23). The van der Waals surface area contributed by atoms with E-state index in [9.17, 15) is 20.2 Å². The number of furan rings is 1. The van der Waals surface area contributed by atoms with Crippen molar-refractivity contribution < 1.29 is 14.1 Å². The Morgan fingerprint density at radius 2 is 2.10 bits per heavy atom. The van der Waals surface area contributed by atoms with E-state index in [4.69, 9.17) is 4.42 Å². The van der Waals surface area contributed by atoms with Gasteiger partial charge in [0.15, 0.2) is 5.76 Å². The summed E-state index contributed by atoms with van der Waals surface area (Å²) in [5.41, 5.74) is 0.763. The second-order valence-corrected chi connectivity index (χ2v) is 6.81. The maximum Gasteiger partial charge on any atom is 0.289 e. The highest BCUT2D eigenvalue weighted by molar-refractivity contribution is 5.91. The van der Waals surface area contributed by atoms with E-state index in [1.807, 2.05) is 0 Å².